The van der Waals surface area contributed by atoms with Gasteiger partial charge in [0.25, 0.3) is 0 Å². The molecule has 0 bridgehead atoms. The van der Waals surface area contributed by atoms with Crippen LogP contribution in [0.3, 0.4) is 0 Å². The summed E-state index contributed by atoms with van der Waals surface area (Å²) in [7, 11) is -2.63. The second kappa shape index (κ2) is 10.6. The third-order valence-corrected chi connectivity index (χ3v) is 8.94. The number of halogens is 1. The molecule has 0 aliphatic carbocycles. The van der Waals surface area contributed by atoms with Crippen molar-refractivity contribution in [2.24, 2.45) is 0 Å². The lowest BCUT2D eigenvalue weighted by Gasteiger charge is -2.31. The maximum Gasteiger partial charge on any atom is 0.339 e. The van der Waals surface area contributed by atoms with Crippen LogP contribution in [0.15, 0.2) is 70.4 Å². The zero-order chi connectivity index (χ0) is 26.0. The molecule has 0 radical (unpaired) electrons. The van der Waals surface area contributed by atoms with E-state index in [4.69, 9.17) is 9.72 Å². The number of benzene rings is 1. The number of piperidine rings is 1. The molecule has 1 N–H and O–H groups in total. The topological polar surface area (TPSA) is 119 Å². The van der Waals surface area contributed by atoms with E-state index in [2.05, 4.69) is 31.3 Å². The normalized spacial score (nSPS) is 15.1. The van der Waals surface area contributed by atoms with Crippen molar-refractivity contribution in [2.75, 3.05) is 25.5 Å². The van der Waals surface area contributed by atoms with E-state index in [1.54, 1.807) is 35.2 Å². The van der Waals surface area contributed by atoms with Crippen molar-refractivity contribution in [3.8, 4) is 0 Å². The Bertz CT molecular complexity index is 1540. The fourth-order valence-corrected chi connectivity index (χ4v) is 6.48. The van der Waals surface area contributed by atoms with Crippen molar-refractivity contribution in [1.82, 2.24) is 23.9 Å². The van der Waals surface area contributed by atoms with Gasteiger partial charge >= 0.3 is 5.97 Å². The number of aromatic nitrogens is 4. The van der Waals surface area contributed by atoms with E-state index in [1.807, 2.05) is 18.2 Å². The zero-order valence-corrected chi connectivity index (χ0v) is 22.4. The second-order valence-electron chi connectivity index (χ2n) is 8.68. The molecule has 4 heterocycles. The molecule has 12 heteroatoms. The predicted octanol–water partition coefficient (Wildman–Crippen LogP) is 3.85. The smallest absolute Gasteiger partial charge is 0.339 e. The Balaban J connectivity index is 1.36. The minimum atomic E-state index is -3.86. The van der Waals surface area contributed by atoms with Gasteiger partial charge in [0, 0.05) is 49.7 Å². The zero-order valence-electron chi connectivity index (χ0n) is 20.0. The molecule has 0 unspecified atom stereocenters. The van der Waals surface area contributed by atoms with Crippen LogP contribution in [-0.4, -0.2) is 58.5 Å². The quantitative estimate of drug-likeness (QED) is 0.325. The van der Waals surface area contributed by atoms with Gasteiger partial charge in [0.2, 0.25) is 10.0 Å². The molecule has 1 aliphatic rings. The first kappa shape index (κ1) is 25.3. The van der Waals surface area contributed by atoms with Crippen molar-refractivity contribution >= 4 is 43.4 Å². The Morgan fingerprint density at radius 3 is 2.68 bits per heavy atom. The lowest BCUT2D eigenvalue weighted by atomic mass is 9.94. The Morgan fingerprint density at radius 2 is 1.95 bits per heavy atom. The SMILES string of the molecule is COC(=O)c1ccccc1S(=O)(=O)N1CCC(c2cc(NCc3cccnc3)n3ncc(Br)c3n2)CC1. The van der Waals surface area contributed by atoms with Crippen molar-refractivity contribution in [3.63, 3.8) is 0 Å². The number of hydrogen-bond donors (Lipinski definition) is 1. The summed E-state index contributed by atoms with van der Waals surface area (Å²) in [6, 6.07) is 12.0. The predicted molar refractivity (Wildman–Crippen MR) is 141 cm³/mol. The first-order chi connectivity index (χ1) is 17.9. The third kappa shape index (κ3) is 5.09. The molecule has 192 valence electrons. The highest BCUT2D eigenvalue weighted by atomic mass is 79.9. The van der Waals surface area contributed by atoms with Gasteiger partial charge in [0.1, 0.15) is 5.82 Å². The Morgan fingerprint density at radius 1 is 1.16 bits per heavy atom. The molecule has 37 heavy (non-hydrogen) atoms. The van der Waals surface area contributed by atoms with Crippen molar-refractivity contribution < 1.29 is 17.9 Å². The second-order valence-corrected chi connectivity index (χ2v) is 11.4. The van der Waals surface area contributed by atoms with Crippen LogP contribution in [0.4, 0.5) is 5.82 Å². The van der Waals surface area contributed by atoms with Crippen molar-refractivity contribution in [2.45, 2.75) is 30.2 Å². The molecule has 0 spiro atoms. The lowest BCUT2D eigenvalue weighted by Crippen LogP contribution is -2.38. The van der Waals surface area contributed by atoms with E-state index in [0.717, 1.165) is 21.5 Å². The number of rotatable bonds is 7. The van der Waals surface area contributed by atoms with Gasteiger partial charge in [-0.25, -0.2) is 18.2 Å². The monoisotopic (exact) mass is 584 g/mol. The first-order valence-corrected chi connectivity index (χ1v) is 14.0. The van der Waals surface area contributed by atoms with Gasteiger partial charge in [0.15, 0.2) is 5.65 Å². The maximum atomic E-state index is 13.4. The average Bonchev–Trinajstić information content (AvgIpc) is 3.32. The van der Waals surface area contributed by atoms with Crippen LogP contribution in [0, 0.1) is 0 Å². The standard InChI is InChI=1S/C25H25BrN6O4S/c1-36-25(33)19-6-2-3-7-22(19)37(34,35)31-11-8-18(9-12-31)21-13-23(28-15-17-5-4-10-27-14-17)32-24(30-21)20(26)16-29-32/h2-7,10,13-14,16,18,28H,8-9,11-12,15H2,1H3. The Kier molecular flexibility index (Phi) is 7.22. The number of carbonyl (C=O) groups excluding carboxylic acids is 1. The number of pyridine rings is 1. The summed E-state index contributed by atoms with van der Waals surface area (Å²) in [6.45, 7) is 1.20. The minimum Gasteiger partial charge on any atom is -0.465 e. The van der Waals surface area contributed by atoms with E-state index in [9.17, 15) is 13.2 Å². The molecule has 0 atom stereocenters. The summed E-state index contributed by atoms with van der Waals surface area (Å²) in [4.78, 5) is 21.1. The lowest BCUT2D eigenvalue weighted by molar-refractivity contribution is 0.0596. The Hall–Kier alpha value is -3.35. The number of methoxy groups -OCH3 is 1. The van der Waals surface area contributed by atoms with Gasteiger partial charge in [-0.2, -0.15) is 13.9 Å². The summed E-state index contributed by atoms with van der Waals surface area (Å²) >= 11 is 3.53. The maximum absolute atomic E-state index is 13.4. The molecule has 10 nitrogen and oxygen atoms in total. The van der Waals surface area contributed by atoms with E-state index < -0.39 is 16.0 Å². The molecule has 1 aromatic carbocycles. The van der Waals surface area contributed by atoms with Gasteiger partial charge in [-0.05, 0) is 52.5 Å². The highest BCUT2D eigenvalue weighted by Gasteiger charge is 2.33. The molecule has 1 fully saturated rings. The van der Waals surface area contributed by atoms with Crippen LogP contribution >= 0.6 is 15.9 Å². The van der Waals surface area contributed by atoms with Gasteiger partial charge in [-0.15, -0.1) is 0 Å². The molecule has 3 aromatic heterocycles. The van der Waals surface area contributed by atoms with Crippen LogP contribution in [0.2, 0.25) is 0 Å². The molecular formula is C25H25BrN6O4S. The Labute approximate surface area is 222 Å². The highest BCUT2D eigenvalue weighted by Crippen LogP contribution is 2.33. The van der Waals surface area contributed by atoms with Crippen LogP contribution in [0.25, 0.3) is 5.65 Å². The molecule has 5 rings (SSSR count). The average molecular weight is 585 g/mol. The number of fused-ring (bicyclic) bond motifs is 1. The fraction of sp³-hybridized carbons (Fsp3) is 0.280. The third-order valence-electron chi connectivity index (χ3n) is 6.43. The molecule has 1 aliphatic heterocycles. The van der Waals surface area contributed by atoms with E-state index in [1.165, 1.54) is 23.5 Å². The summed E-state index contributed by atoms with van der Waals surface area (Å²) in [5.74, 6) is 0.175. The van der Waals surface area contributed by atoms with Gasteiger partial charge in [0.05, 0.1) is 28.2 Å². The van der Waals surface area contributed by atoms with Crippen LogP contribution in [0.5, 0.6) is 0 Å². The number of nitrogens with one attached hydrogen (secondary N) is 1. The molecule has 4 aromatic rings. The van der Waals surface area contributed by atoms with Gasteiger partial charge in [-0.1, -0.05) is 18.2 Å². The molecule has 1 saturated heterocycles. The van der Waals surface area contributed by atoms with E-state index in [0.29, 0.717) is 38.1 Å². The minimum absolute atomic E-state index is 0.0363. The van der Waals surface area contributed by atoms with Crippen LogP contribution in [0.1, 0.15) is 40.4 Å². The highest BCUT2D eigenvalue weighted by molar-refractivity contribution is 9.10. The van der Waals surface area contributed by atoms with E-state index >= 15 is 0 Å². The van der Waals surface area contributed by atoms with Gasteiger partial charge in [-0.3, -0.25) is 4.98 Å². The fourth-order valence-electron chi connectivity index (χ4n) is 4.49. The van der Waals surface area contributed by atoms with Crippen molar-refractivity contribution in [3.05, 3.63) is 82.3 Å². The summed E-state index contributed by atoms with van der Waals surface area (Å²) in [6.07, 6.45) is 6.43. The molecule has 0 amide bonds. The van der Waals surface area contributed by atoms with Gasteiger partial charge < -0.3 is 10.1 Å². The van der Waals surface area contributed by atoms with E-state index in [-0.39, 0.29) is 16.4 Å². The molecular weight excluding hydrogens is 560 g/mol. The van der Waals surface area contributed by atoms with Crippen LogP contribution in [-0.2, 0) is 21.3 Å². The van der Waals surface area contributed by atoms with Crippen LogP contribution < -0.4 is 5.32 Å². The first-order valence-electron chi connectivity index (χ1n) is 11.7. The number of ether oxygens (including phenoxy) is 1. The largest absolute Gasteiger partial charge is 0.465 e. The number of hydrogen-bond acceptors (Lipinski definition) is 8. The summed E-state index contributed by atoms with van der Waals surface area (Å²) in [5, 5.41) is 7.85. The number of nitrogens with zero attached hydrogens (tertiary/aromatic N) is 5. The number of esters is 1. The number of anilines is 1. The molecule has 0 saturated carbocycles. The number of sulfonamides is 1. The summed E-state index contributed by atoms with van der Waals surface area (Å²) < 4.78 is 35.5. The number of carbonyl (C=O) groups is 1. The van der Waals surface area contributed by atoms with Crippen molar-refractivity contribution in [1.29, 1.82) is 0 Å². The summed E-state index contributed by atoms with van der Waals surface area (Å²) in [5.41, 5.74) is 2.63.